The maximum Gasteiger partial charge on any atom is 0.338 e. The molecule has 0 bridgehead atoms. The van der Waals surface area contributed by atoms with Crippen molar-refractivity contribution in [2.24, 2.45) is 5.92 Å². The summed E-state index contributed by atoms with van der Waals surface area (Å²) in [6, 6.07) is 6.08. The standard InChI is InChI=1S/C26H35ClN4O4/c1-6-12-31-21(16-29-13-14-30(18(5)15-29)24(32)17(3)4)22(25(33)35-7-2)23(28-26(31)34)19-10-8-9-11-20(19)27/h6,8-11,17-18,23H,1,7,12-16H2,2-5H3,(H,28,34). The molecular weight excluding hydrogens is 468 g/mol. The number of carbonyl (C=O) groups is 3. The number of carbonyl (C=O) groups excluding carboxylic acids is 3. The molecule has 2 aliphatic heterocycles. The van der Waals surface area contributed by atoms with Crippen LogP contribution in [-0.2, 0) is 14.3 Å². The molecule has 1 saturated heterocycles. The van der Waals surface area contributed by atoms with Crippen molar-refractivity contribution in [3.8, 4) is 0 Å². The van der Waals surface area contributed by atoms with Crippen LogP contribution in [0.25, 0.3) is 0 Å². The summed E-state index contributed by atoms with van der Waals surface area (Å²) < 4.78 is 5.43. The van der Waals surface area contributed by atoms with Crippen molar-refractivity contribution in [1.82, 2.24) is 20.0 Å². The highest BCUT2D eigenvalue weighted by Gasteiger charge is 2.40. The fraction of sp³-hybridized carbons (Fsp3) is 0.500. The summed E-state index contributed by atoms with van der Waals surface area (Å²) in [6.45, 7) is 14.0. The Morgan fingerprint density at radius 2 is 2.00 bits per heavy atom. The van der Waals surface area contributed by atoms with Crippen LogP contribution in [0.1, 0.15) is 39.3 Å². The molecular formula is C26H35ClN4O4. The zero-order chi connectivity index (χ0) is 25.7. The zero-order valence-electron chi connectivity index (χ0n) is 20.9. The third-order valence-corrected chi connectivity index (χ3v) is 6.67. The van der Waals surface area contributed by atoms with Crippen molar-refractivity contribution in [2.45, 2.75) is 39.8 Å². The minimum absolute atomic E-state index is 0.00919. The van der Waals surface area contributed by atoms with Crippen LogP contribution in [0, 0.1) is 5.92 Å². The van der Waals surface area contributed by atoms with Crippen LogP contribution < -0.4 is 5.32 Å². The van der Waals surface area contributed by atoms with E-state index >= 15 is 0 Å². The topological polar surface area (TPSA) is 82.2 Å². The second-order valence-corrected chi connectivity index (χ2v) is 9.56. The molecule has 0 radical (unpaired) electrons. The Bertz CT molecular complexity index is 1010. The van der Waals surface area contributed by atoms with Crippen molar-refractivity contribution < 1.29 is 19.1 Å². The Hall–Kier alpha value is -2.84. The lowest BCUT2D eigenvalue weighted by Crippen LogP contribution is -2.57. The van der Waals surface area contributed by atoms with Crippen LogP contribution in [0.15, 0.2) is 48.2 Å². The van der Waals surface area contributed by atoms with Crippen LogP contribution in [0.3, 0.4) is 0 Å². The van der Waals surface area contributed by atoms with Crippen molar-refractivity contribution in [3.05, 3.63) is 58.8 Å². The largest absolute Gasteiger partial charge is 0.463 e. The molecule has 3 rings (SSSR count). The molecule has 1 N–H and O–H groups in total. The number of nitrogens with one attached hydrogen (secondary N) is 1. The normalized spacial score (nSPS) is 21.3. The van der Waals surface area contributed by atoms with Gasteiger partial charge in [-0.25, -0.2) is 9.59 Å². The number of nitrogens with zero attached hydrogens (tertiary/aromatic N) is 3. The Balaban J connectivity index is 2.02. The van der Waals surface area contributed by atoms with E-state index in [4.69, 9.17) is 16.3 Å². The van der Waals surface area contributed by atoms with Crippen LogP contribution in [0.5, 0.6) is 0 Å². The summed E-state index contributed by atoms with van der Waals surface area (Å²) in [5.74, 6) is -0.431. The zero-order valence-corrected chi connectivity index (χ0v) is 21.7. The molecule has 2 unspecified atom stereocenters. The molecule has 2 heterocycles. The Morgan fingerprint density at radius 1 is 1.29 bits per heavy atom. The molecule has 190 valence electrons. The lowest BCUT2D eigenvalue weighted by Gasteiger charge is -2.43. The molecule has 0 saturated carbocycles. The van der Waals surface area contributed by atoms with Gasteiger partial charge in [-0.1, -0.05) is 49.7 Å². The fourth-order valence-electron chi connectivity index (χ4n) is 4.64. The molecule has 2 aliphatic rings. The predicted molar refractivity (Wildman–Crippen MR) is 136 cm³/mol. The number of urea groups is 1. The number of esters is 1. The molecule has 1 aromatic carbocycles. The SMILES string of the molecule is C=CCN1C(=O)NC(c2ccccc2Cl)C(C(=O)OCC)=C1CN1CCN(C(=O)C(C)C)C(C)C1. The second-order valence-electron chi connectivity index (χ2n) is 9.15. The lowest BCUT2D eigenvalue weighted by molar-refractivity contribution is -0.139. The summed E-state index contributed by atoms with van der Waals surface area (Å²) in [5.41, 5.74) is 1.55. The van der Waals surface area contributed by atoms with Gasteiger partial charge in [0.1, 0.15) is 0 Å². The molecule has 1 fully saturated rings. The summed E-state index contributed by atoms with van der Waals surface area (Å²) in [5, 5.41) is 3.38. The first kappa shape index (κ1) is 26.8. The maximum absolute atomic E-state index is 13.3. The van der Waals surface area contributed by atoms with E-state index in [0.29, 0.717) is 48.0 Å². The maximum atomic E-state index is 13.3. The molecule has 0 aliphatic carbocycles. The van der Waals surface area contributed by atoms with Crippen LogP contribution in [-0.4, -0.2) is 78.0 Å². The smallest absolute Gasteiger partial charge is 0.338 e. The number of amides is 3. The van der Waals surface area contributed by atoms with Gasteiger partial charge in [0.25, 0.3) is 0 Å². The van der Waals surface area contributed by atoms with Gasteiger partial charge in [0.05, 0.1) is 18.2 Å². The van der Waals surface area contributed by atoms with Gasteiger partial charge in [0.2, 0.25) is 5.91 Å². The number of hydrogen-bond donors (Lipinski definition) is 1. The highest BCUT2D eigenvalue weighted by molar-refractivity contribution is 6.31. The van der Waals surface area contributed by atoms with E-state index in [1.54, 1.807) is 31.2 Å². The van der Waals surface area contributed by atoms with E-state index in [-0.39, 0.29) is 37.0 Å². The summed E-state index contributed by atoms with van der Waals surface area (Å²) in [6.07, 6.45) is 1.63. The van der Waals surface area contributed by atoms with Gasteiger partial charge in [-0.2, -0.15) is 0 Å². The monoisotopic (exact) mass is 502 g/mol. The van der Waals surface area contributed by atoms with E-state index in [1.807, 2.05) is 31.7 Å². The van der Waals surface area contributed by atoms with Gasteiger partial charge in [-0.3, -0.25) is 14.6 Å². The molecule has 0 aromatic heterocycles. The average Bonchev–Trinajstić information content (AvgIpc) is 2.81. The van der Waals surface area contributed by atoms with Crippen molar-refractivity contribution in [2.75, 3.05) is 39.3 Å². The van der Waals surface area contributed by atoms with E-state index in [2.05, 4.69) is 16.8 Å². The van der Waals surface area contributed by atoms with Gasteiger partial charge in [-0.15, -0.1) is 6.58 Å². The van der Waals surface area contributed by atoms with Crippen LogP contribution in [0.2, 0.25) is 5.02 Å². The first-order valence-electron chi connectivity index (χ1n) is 12.1. The van der Waals surface area contributed by atoms with Gasteiger partial charge >= 0.3 is 12.0 Å². The van der Waals surface area contributed by atoms with Crippen molar-refractivity contribution >= 4 is 29.5 Å². The summed E-state index contributed by atoms with van der Waals surface area (Å²) >= 11 is 6.48. The van der Waals surface area contributed by atoms with Gasteiger partial charge in [0.15, 0.2) is 0 Å². The minimum Gasteiger partial charge on any atom is -0.463 e. The predicted octanol–water partition coefficient (Wildman–Crippen LogP) is 3.60. The van der Waals surface area contributed by atoms with Crippen LogP contribution >= 0.6 is 11.6 Å². The average molecular weight is 503 g/mol. The quantitative estimate of drug-likeness (QED) is 0.434. The molecule has 9 heteroatoms. The molecule has 0 spiro atoms. The van der Waals surface area contributed by atoms with E-state index in [1.165, 1.54) is 4.90 Å². The number of benzene rings is 1. The van der Waals surface area contributed by atoms with Crippen LogP contribution in [0.4, 0.5) is 4.79 Å². The summed E-state index contributed by atoms with van der Waals surface area (Å²) in [4.78, 5) is 44.7. The van der Waals surface area contributed by atoms with E-state index < -0.39 is 12.0 Å². The Morgan fingerprint density at radius 3 is 2.60 bits per heavy atom. The number of rotatable bonds is 8. The molecule has 3 amide bonds. The molecule has 8 nitrogen and oxygen atoms in total. The van der Waals surface area contributed by atoms with Gasteiger partial charge in [0, 0.05) is 55.4 Å². The highest BCUT2D eigenvalue weighted by atomic mass is 35.5. The minimum atomic E-state index is -0.743. The van der Waals surface area contributed by atoms with Gasteiger partial charge in [-0.05, 0) is 25.5 Å². The Kier molecular flexibility index (Phi) is 8.97. The highest BCUT2D eigenvalue weighted by Crippen LogP contribution is 2.35. The van der Waals surface area contributed by atoms with Gasteiger partial charge < -0.3 is 15.0 Å². The number of hydrogen-bond acceptors (Lipinski definition) is 5. The number of ether oxygens (including phenoxy) is 1. The number of halogens is 1. The Labute approximate surface area is 212 Å². The van der Waals surface area contributed by atoms with Crippen molar-refractivity contribution in [3.63, 3.8) is 0 Å². The van der Waals surface area contributed by atoms with E-state index in [9.17, 15) is 14.4 Å². The summed E-state index contributed by atoms with van der Waals surface area (Å²) in [7, 11) is 0. The van der Waals surface area contributed by atoms with E-state index in [0.717, 1.165) is 0 Å². The second kappa shape index (κ2) is 11.7. The molecule has 1 aromatic rings. The lowest BCUT2D eigenvalue weighted by atomic mass is 9.93. The third-order valence-electron chi connectivity index (χ3n) is 6.32. The fourth-order valence-corrected chi connectivity index (χ4v) is 4.88. The first-order valence-corrected chi connectivity index (χ1v) is 12.4. The first-order chi connectivity index (χ1) is 16.7. The van der Waals surface area contributed by atoms with Crippen molar-refractivity contribution in [1.29, 1.82) is 0 Å². The molecule has 35 heavy (non-hydrogen) atoms. The third kappa shape index (κ3) is 5.87. The number of piperazine rings is 1. The molecule has 2 atom stereocenters.